The predicted octanol–water partition coefficient (Wildman–Crippen LogP) is 3.50. The summed E-state index contributed by atoms with van der Waals surface area (Å²) >= 11 is 0. The molecule has 1 heterocycles. The highest BCUT2D eigenvalue weighted by Gasteiger charge is 2.28. The number of sulfonamides is 1. The molecule has 8 heteroatoms. The molecule has 0 saturated carbocycles. The van der Waals surface area contributed by atoms with Crippen molar-refractivity contribution < 1.29 is 22.7 Å². The molecule has 1 fully saturated rings. The Bertz CT molecular complexity index is 1030. The number of carbonyl (C=O) groups is 1. The van der Waals surface area contributed by atoms with Gasteiger partial charge in [-0.2, -0.15) is 4.31 Å². The highest BCUT2D eigenvalue weighted by Crippen LogP contribution is 2.30. The van der Waals surface area contributed by atoms with E-state index in [-0.39, 0.29) is 4.90 Å². The summed E-state index contributed by atoms with van der Waals surface area (Å²) in [5.74, 6) is 0.613. The fourth-order valence-electron chi connectivity index (χ4n) is 3.35. The lowest BCUT2D eigenvalue weighted by Crippen LogP contribution is -2.31. The van der Waals surface area contributed by atoms with Crippen LogP contribution in [-0.4, -0.2) is 44.9 Å². The third-order valence-electron chi connectivity index (χ3n) is 5.36. The van der Waals surface area contributed by atoms with Crippen LogP contribution in [-0.2, 0) is 14.8 Å². The Morgan fingerprint density at radius 3 is 2.47 bits per heavy atom. The smallest absolute Gasteiger partial charge is 0.265 e. The number of hydrogen-bond donors (Lipinski definition) is 1. The van der Waals surface area contributed by atoms with Gasteiger partial charge in [0, 0.05) is 13.1 Å². The topological polar surface area (TPSA) is 84.9 Å². The molecule has 0 aromatic heterocycles. The normalized spacial score (nSPS) is 15.6. The minimum atomic E-state index is -3.61. The fraction of sp³-hybridized carbons (Fsp3) is 0.409. The van der Waals surface area contributed by atoms with Gasteiger partial charge in [-0.15, -0.1) is 0 Å². The van der Waals surface area contributed by atoms with Crippen LogP contribution in [0.4, 0.5) is 5.69 Å². The van der Waals surface area contributed by atoms with Gasteiger partial charge in [-0.3, -0.25) is 4.79 Å². The van der Waals surface area contributed by atoms with Crippen LogP contribution >= 0.6 is 0 Å². The molecular weight excluding hydrogens is 404 g/mol. The Balaban J connectivity index is 1.80. The van der Waals surface area contributed by atoms with Crippen molar-refractivity contribution in [3.63, 3.8) is 0 Å². The number of anilines is 1. The maximum absolute atomic E-state index is 12.9. The molecule has 162 valence electrons. The number of aryl methyl sites for hydroxylation is 1. The summed E-state index contributed by atoms with van der Waals surface area (Å²) in [6.07, 6.45) is 0.923. The van der Waals surface area contributed by atoms with Crippen LogP contribution in [0.1, 0.15) is 30.9 Å². The quantitative estimate of drug-likeness (QED) is 0.724. The molecule has 2 aromatic rings. The lowest BCUT2D eigenvalue weighted by atomic mass is 10.1. The van der Waals surface area contributed by atoms with Crippen molar-refractivity contribution in [3.8, 4) is 11.5 Å². The highest BCUT2D eigenvalue weighted by molar-refractivity contribution is 7.89. The van der Waals surface area contributed by atoms with E-state index in [1.807, 2.05) is 32.0 Å². The van der Waals surface area contributed by atoms with E-state index in [2.05, 4.69) is 5.32 Å². The number of carbonyl (C=O) groups excluding carboxylic acids is 1. The van der Waals surface area contributed by atoms with E-state index >= 15 is 0 Å². The lowest BCUT2D eigenvalue weighted by Gasteiger charge is -2.19. The van der Waals surface area contributed by atoms with E-state index in [9.17, 15) is 13.2 Å². The van der Waals surface area contributed by atoms with Crippen LogP contribution in [0.3, 0.4) is 0 Å². The van der Waals surface area contributed by atoms with E-state index in [1.165, 1.54) is 23.5 Å². The van der Waals surface area contributed by atoms with Crippen molar-refractivity contribution in [2.75, 3.05) is 25.5 Å². The van der Waals surface area contributed by atoms with Gasteiger partial charge in [0.25, 0.3) is 5.91 Å². The molecule has 1 saturated heterocycles. The van der Waals surface area contributed by atoms with Gasteiger partial charge in [0.05, 0.1) is 17.7 Å². The largest absolute Gasteiger partial charge is 0.495 e. The summed E-state index contributed by atoms with van der Waals surface area (Å²) in [4.78, 5) is 12.9. The second kappa shape index (κ2) is 9.06. The summed E-state index contributed by atoms with van der Waals surface area (Å²) < 4.78 is 38.3. The van der Waals surface area contributed by atoms with Gasteiger partial charge in [0.1, 0.15) is 11.5 Å². The maximum Gasteiger partial charge on any atom is 0.265 e. The summed E-state index contributed by atoms with van der Waals surface area (Å²) in [5.41, 5.74) is 2.33. The molecule has 0 bridgehead atoms. The number of benzene rings is 2. The highest BCUT2D eigenvalue weighted by atomic mass is 32.2. The second-order valence-electron chi connectivity index (χ2n) is 7.42. The van der Waals surface area contributed by atoms with Crippen LogP contribution in [0.25, 0.3) is 0 Å². The number of nitrogens with one attached hydrogen (secondary N) is 1. The molecule has 1 amide bonds. The van der Waals surface area contributed by atoms with Crippen LogP contribution in [0.2, 0.25) is 0 Å². The molecule has 7 nitrogen and oxygen atoms in total. The van der Waals surface area contributed by atoms with E-state index in [0.717, 1.165) is 24.0 Å². The van der Waals surface area contributed by atoms with E-state index in [0.29, 0.717) is 30.3 Å². The molecule has 1 N–H and O–H groups in total. The first-order valence-corrected chi connectivity index (χ1v) is 11.4. The molecule has 1 atom stereocenters. The van der Waals surface area contributed by atoms with Gasteiger partial charge >= 0.3 is 0 Å². The Kier molecular flexibility index (Phi) is 6.67. The van der Waals surface area contributed by atoms with Gasteiger partial charge in [-0.05, 0) is 69.0 Å². The standard InChI is InChI=1S/C22H28N2O5S/c1-15-8-7-9-20(16(15)2)29-17(3)22(25)23-19-14-18(10-11-21(19)28-4)30(26,27)24-12-5-6-13-24/h7-11,14,17H,5-6,12-13H2,1-4H3,(H,23,25)/t17-/m1/s1. The first-order chi connectivity index (χ1) is 14.2. The van der Waals surface area contributed by atoms with Crippen LogP contribution < -0.4 is 14.8 Å². The predicted molar refractivity (Wildman–Crippen MR) is 116 cm³/mol. The van der Waals surface area contributed by atoms with Crippen molar-refractivity contribution in [2.24, 2.45) is 0 Å². The Hall–Kier alpha value is -2.58. The average Bonchev–Trinajstić information content (AvgIpc) is 3.27. The third-order valence-corrected chi connectivity index (χ3v) is 7.25. The molecule has 0 unspecified atom stereocenters. The number of ether oxygens (including phenoxy) is 2. The monoisotopic (exact) mass is 432 g/mol. The number of nitrogens with zero attached hydrogens (tertiary/aromatic N) is 1. The molecular formula is C22H28N2O5S. The number of hydrogen-bond acceptors (Lipinski definition) is 5. The van der Waals surface area contributed by atoms with Crippen molar-refractivity contribution in [1.29, 1.82) is 0 Å². The Labute approximate surface area is 178 Å². The summed E-state index contributed by atoms with van der Waals surface area (Å²) in [7, 11) is -2.14. The Morgan fingerprint density at radius 1 is 1.10 bits per heavy atom. The van der Waals surface area contributed by atoms with Crippen LogP contribution in [0.5, 0.6) is 11.5 Å². The number of rotatable bonds is 7. The zero-order chi connectivity index (χ0) is 21.9. The molecule has 3 rings (SSSR count). The van der Waals surface area contributed by atoms with Crippen LogP contribution in [0.15, 0.2) is 41.3 Å². The van der Waals surface area contributed by atoms with Gasteiger partial charge in [-0.1, -0.05) is 12.1 Å². The minimum absolute atomic E-state index is 0.128. The minimum Gasteiger partial charge on any atom is -0.495 e. The zero-order valence-electron chi connectivity index (χ0n) is 17.8. The zero-order valence-corrected chi connectivity index (χ0v) is 18.6. The van der Waals surface area contributed by atoms with E-state index in [4.69, 9.17) is 9.47 Å². The molecule has 0 spiro atoms. The molecule has 0 aliphatic carbocycles. The van der Waals surface area contributed by atoms with Crippen molar-refractivity contribution in [1.82, 2.24) is 4.31 Å². The molecule has 2 aromatic carbocycles. The first kappa shape index (κ1) is 22.1. The first-order valence-electron chi connectivity index (χ1n) is 9.96. The maximum atomic E-state index is 12.9. The molecule has 1 aliphatic rings. The summed E-state index contributed by atoms with van der Waals surface area (Å²) in [5, 5.41) is 2.75. The number of amides is 1. The van der Waals surface area contributed by atoms with Gasteiger partial charge < -0.3 is 14.8 Å². The lowest BCUT2D eigenvalue weighted by molar-refractivity contribution is -0.122. The fourth-order valence-corrected chi connectivity index (χ4v) is 4.90. The van der Waals surface area contributed by atoms with Gasteiger partial charge in [-0.25, -0.2) is 8.42 Å². The van der Waals surface area contributed by atoms with Gasteiger partial charge in [0.2, 0.25) is 10.0 Å². The summed E-state index contributed by atoms with van der Waals surface area (Å²) in [6, 6.07) is 10.2. The van der Waals surface area contributed by atoms with Crippen molar-refractivity contribution in [3.05, 3.63) is 47.5 Å². The van der Waals surface area contributed by atoms with Crippen molar-refractivity contribution >= 4 is 21.6 Å². The Morgan fingerprint density at radius 2 is 1.80 bits per heavy atom. The molecule has 1 aliphatic heterocycles. The molecule has 30 heavy (non-hydrogen) atoms. The third kappa shape index (κ3) is 4.60. The van der Waals surface area contributed by atoms with E-state index < -0.39 is 22.0 Å². The number of methoxy groups -OCH3 is 1. The average molecular weight is 433 g/mol. The van der Waals surface area contributed by atoms with Crippen molar-refractivity contribution in [2.45, 2.75) is 44.6 Å². The SMILES string of the molecule is COc1ccc(S(=O)(=O)N2CCCC2)cc1NC(=O)[C@@H](C)Oc1cccc(C)c1C. The van der Waals surface area contributed by atoms with Gasteiger partial charge in [0.15, 0.2) is 6.10 Å². The molecule has 0 radical (unpaired) electrons. The summed E-state index contributed by atoms with van der Waals surface area (Å²) in [6.45, 7) is 6.58. The second-order valence-corrected chi connectivity index (χ2v) is 9.36. The van der Waals surface area contributed by atoms with E-state index in [1.54, 1.807) is 13.0 Å². The van der Waals surface area contributed by atoms with Crippen LogP contribution in [0, 0.1) is 13.8 Å².